The van der Waals surface area contributed by atoms with Crippen LogP contribution in [-0.2, 0) is 4.79 Å². The second-order valence-corrected chi connectivity index (χ2v) is 1.95. The third-order valence-electron chi connectivity index (χ3n) is 1.44. The molecule has 4 nitrogen and oxygen atoms in total. The van der Waals surface area contributed by atoms with Gasteiger partial charge in [-0.15, -0.1) is 0 Å². The lowest BCUT2D eigenvalue weighted by Gasteiger charge is -2.22. The molecule has 0 heterocycles. The van der Waals surface area contributed by atoms with Gasteiger partial charge in [-0.25, -0.2) is 0 Å². The van der Waals surface area contributed by atoms with Crippen LogP contribution in [0.2, 0.25) is 0 Å². The van der Waals surface area contributed by atoms with Crippen molar-refractivity contribution in [1.29, 1.82) is 0 Å². The van der Waals surface area contributed by atoms with E-state index in [0.29, 0.717) is 5.70 Å². The number of carbonyl (C=O) groups is 1. The summed E-state index contributed by atoms with van der Waals surface area (Å²) < 4.78 is 0. The predicted molar refractivity (Wildman–Crippen MR) is 37.7 cm³/mol. The minimum atomic E-state index is -0.130. The summed E-state index contributed by atoms with van der Waals surface area (Å²) in [6.45, 7) is 1.74. The van der Waals surface area contributed by atoms with E-state index >= 15 is 0 Å². The second kappa shape index (κ2) is 3.22. The molecule has 0 aromatic rings. The summed E-state index contributed by atoms with van der Waals surface area (Å²) in [6, 6.07) is 0. The maximum Gasteiger partial charge on any atom is 0.188 e. The van der Waals surface area contributed by atoms with E-state index in [4.69, 9.17) is 16.6 Å². The molecule has 0 bridgehead atoms. The van der Waals surface area contributed by atoms with Gasteiger partial charge in [-0.05, 0) is 6.92 Å². The molecular formula is C6H12N2O2. The number of nitrogens with two attached hydrogens (primary N) is 2. The van der Waals surface area contributed by atoms with E-state index in [9.17, 15) is 4.79 Å². The van der Waals surface area contributed by atoms with Gasteiger partial charge in [-0.1, -0.05) is 0 Å². The zero-order valence-corrected chi connectivity index (χ0v) is 6.09. The minimum Gasteiger partial charge on any atom is -0.400 e. The first-order valence-electron chi connectivity index (χ1n) is 2.88. The summed E-state index contributed by atoms with van der Waals surface area (Å²) in [5, 5.41) is 7.00. The lowest BCUT2D eigenvalue weighted by molar-refractivity contribution is -0.120. The zero-order chi connectivity index (χ0) is 8.31. The Labute approximate surface area is 59.5 Å². The second-order valence-electron chi connectivity index (χ2n) is 1.95. The number of aliphatic hydroxyl groups excluding tert-OH is 1. The maximum absolute atomic E-state index is 10.5. The standard InChI is InChI=1S/C5H8N2O.CH4O/c1-2-3(6)4(7)5(2)8;1-2/h2H,6-7H2,1H3;2H,1H3. The van der Waals surface area contributed by atoms with Crippen molar-refractivity contribution in [3.63, 3.8) is 0 Å². The van der Waals surface area contributed by atoms with Crippen LogP contribution in [0.25, 0.3) is 0 Å². The fourth-order valence-corrected chi connectivity index (χ4v) is 0.672. The smallest absolute Gasteiger partial charge is 0.188 e. The first-order valence-corrected chi connectivity index (χ1v) is 2.88. The number of ketones is 1. The van der Waals surface area contributed by atoms with Crippen molar-refractivity contribution >= 4 is 5.78 Å². The summed E-state index contributed by atoms with van der Waals surface area (Å²) in [4.78, 5) is 10.5. The highest BCUT2D eigenvalue weighted by molar-refractivity contribution is 6.05. The molecule has 0 amide bonds. The first kappa shape index (κ1) is 8.97. The third-order valence-corrected chi connectivity index (χ3v) is 1.44. The SMILES string of the molecule is CC1C(=O)C(N)=C1N.CO. The Morgan fingerprint density at radius 1 is 1.40 bits per heavy atom. The van der Waals surface area contributed by atoms with Crippen LogP contribution in [0, 0.1) is 5.92 Å². The van der Waals surface area contributed by atoms with Crippen LogP contribution in [0.15, 0.2) is 11.4 Å². The molecule has 58 valence electrons. The molecule has 0 aliphatic heterocycles. The van der Waals surface area contributed by atoms with Crippen molar-refractivity contribution in [1.82, 2.24) is 0 Å². The Morgan fingerprint density at radius 2 is 1.80 bits per heavy atom. The van der Waals surface area contributed by atoms with Gasteiger partial charge in [0, 0.05) is 12.8 Å². The average Bonchev–Trinajstić information content (AvgIpc) is 2.04. The van der Waals surface area contributed by atoms with Gasteiger partial charge in [0.05, 0.1) is 11.6 Å². The molecule has 10 heavy (non-hydrogen) atoms. The number of rotatable bonds is 0. The van der Waals surface area contributed by atoms with Crippen LogP contribution in [0.1, 0.15) is 6.92 Å². The number of aliphatic hydroxyl groups is 1. The number of hydrogen-bond acceptors (Lipinski definition) is 4. The minimum absolute atomic E-state index is 0.0255. The van der Waals surface area contributed by atoms with Gasteiger partial charge < -0.3 is 16.6 Å². The number of carbonyl (C=O) groups excluding carboxylic acids is 1. The summed E-state index contributed by atoms with van der Waals surface area (Å²) in [7, 11) is 1.00. The lowest BCUT2D eigenvalue weighted by Crippen LogP contribution is -2.37. The van der Waals surface area contributed by atoms with Gasteiger partial charge >= 0.3 is 0 Å². The van der Waals surface area contributed by atoms with Crippen molar-refractivity contribution in [3.05, 3.63) is 11.4 Å². The van der Waals surface area contributed by atoms with Crippen molar-refractivity contribution in [2.45, 2.75) is 6.92 Å². The van der Waals surface area contributed by atoms with Crippen LogP contribution >= 0.6 is 0 Å². The average molecular weight is 144 g/mol. The maximum atomic E-state index is 10.5. The molecule has 1 rings (SSSR count). The van der Waals surface area contributed by atoms with Gasteiger partial charge in [0.1, 0.15) is 0 Å². The van der Waals surface area contributed by atoms with E-state index in [1.807, 2.05) is 0 Å². The predicted octanol–water partition coefficient (Wildman–Crippen LogP) is -1.06. The quantitative estimate of drug-likeness (QED) is 0.404. The van der Waals surface area contributed by atoms with Gasteiger partial charge in [-0.2, -0.15) is 0 Å². The van der Waals surface area contributed by atoms with Crippen LogP contribution in [0.3, 0.4) is 0 Å². The molecule has 1 atom stereocenters. The van der Waals surface area contributed by atoms with Crippen molar-refractivity contribution in [2.24, 2.45) is 17.4 Å². The van der Waals surface area contributed by atoms with Crippen molar-refractivity contribution in [3.8, 4) is 0 Å². The monoisotopic (exact) mass is 144 g/mol. The Morgan fingerprint density at radius 3 is 1.90 bits per heavy atom. The highest BCUT2D eigenvalue weighted by Crippen LogP contribution is 2.21. The molecule has 0 spiro atoms. The van der Waals surface area contributed by atoms with Gasteiger partial charge in [0.15, 0.2) is 5.78 Å². The van der Waals surface area contributed by atoms with Crippen LogP contribution in [0.5, 0.6) is 0 Å². The Balaban J connectivity index is 0.000000371. The highest BCUT2D eigenvalue weighted by atomic mass is 16.2. The van der Waals surface area contributed by atoms with Crippen LogP contribution in [0.4, 0.5) is 0 Å². The fraction of sp³-hybridized carbons (Fsp3) is 0.500. The van der Waals surface area contributed by atoms with Crippen LogP contribution in [-0.4, -0.2) is 18.0 Å². The summed E-state index contributed by atoms with van der Waals surface area (Å²) in [5.41, 5.74) is 11.2. The summed E-state index contributed by atoms with van der Waals surface area (Å²) in [6.07, 6.45) is 0. The Kier molecular flexibility index (Phi) is 2.89. The Hall–Kier alpha value is -1.03. The molecule has 1 unspecified atom stereocenters. The molecule has 0 fully saturated rings. The highest BCUT2D eigenvalue weighted by Gasteiger charge is 2.31. The molecular weight excluding hydrogens is 132 g/mol. The number of Topliss-reactive ketones (excluding diaryl/α,β-unsaturated/α-hetero) is 1. The van der Waals surface area contributed by atoms with E-state index in [-0.39, 0.29) is 17.4 Å². The van der Waals surface area contributed by atoms with Crippen LogP contribution < -0.4 is 11.5 Å². The lowest BCUT2D eigenvalue weighted by atomic mass is 9.88. The molecule has 5 N–H and O–H groups in total. The van der Waals surface area contributed by atoms with Gasteiger partial charge in [0.2, 0.25) is 0 Å². The number of allylic oxidation sites excluding steroid dienone is 2. The molecule has 0 aromatic heterocycles. The van der Waals surface area contributed by atoms with Gasteiger partial charge in [-0.3, -0.25) is 4.79 Å². The van der Waals surface area contributed by atoms with E-state index in [2.05, 4.69) is 0 Å². The summed E-state index contributed by atoms with van der Waals surface area (Å²) in [5.74, 6) is -0.155. The zero-order valence-electron chi connectivity index (χ0n) is 6.09. The van der Waals surface area contributed by atoms with Gasteiger partial charge in [0.25, 0.3) is 0 Å². The molecule has 0 radical (unpaired) electrons. The molecule has 0 aromatic carbocycles. The van der Waals surface area contributed by atoms with E-state index in [1.54, 1.807) is 6.92 Å². The first-order chi connectivity index (χ1) is 4.64. The normalized spacial score (nSPS) is 23.1. The Bertz CT molecular complexity index is 175. The van der Waals surface area contributed by atoms with Crippen molar-refractivity contribution in [2.75, 3.05) is 7.11 Å². The van der Waals surface area contributed by atoms with E-state index in [1.165, 1.54) is 0 Å². The largest absolute Gasteiger partial charge is 0.400 e. The molecule has 0 saturated heterocycles. The van der Waals surface area contributed by atoms with E-state index in [0.717, 1.165) is 7.11 Å². The van der Waals surface area contributed by atoms with Crippen molar-refractivity contribution < 1.29 is 9.90 Å². The van der Waals surface area contributed by atoms with E-state index < -0.39 is 0 Å². The number of hydrogen-bond donors (Lipinski definition) is 3. The molecule has 1 aliphatic carbocycles. The molecule has 4 heteroatoms. The fourth-order valence-electron chi connectivity index (χ4n) is 0.672. The topological polar surface area (TPSA) is 89.3 Å². The molecule has 0 saturated carbocycles. The molecule has 1 aliphatic rings. The third kappa shape index (κ3) is 1.11. The summed E-state index contributed by atoms with van der Waals surface area (Å²) >= 11 is 0.